The van der Waals surface area contributed by atoms with Gasteiger partial charge in [0.05, 0.1) is 12.9 Å². The van der Waals surface area contributed by atoms with E-state index in [1.54, 1.807) is 25.3 Å². The fourth-order valence-corrected chi connectivity index (χ4v) is 1.50. The second kappa shape index (κ2) is 6.77. The van der Waals surface area contributed by atoms with E-state index in [2.05, 4.69) is 11.8 Å². The Labute approximate surface area is 105 Å². The summed E-state index contributed by atoms with van der Waals surface area (Å²) in [6.07, 6.45) is 0.741. The SMILES string of the molecule is COc1ccc(C#CCSC(C)=O)c(C=O)c1. The van der Waals surface area contributed by atoms with E-state index in [4.69, 9.17) is 4.74 Å². The second-order valence-corrected chi connectivity index (χ2v) is 4.31. The van der Waals surface area contributed by atoms with Gasteiger partial charge >= 0.3 is 0 Å². The molecule has 1 aromatic carbocycles. The van der Waals surface area contributed by atoms with Crippen LogP contribution in [0.2, 0.25) is 0 Å². The van der Waals surface area contributed by atoms with Crippen LogP contribution < -0.4 is 4.74 Å². The van der Waals surface area contributed by atoms with Gasteiger partial charge in [-0.3, -0.25) is 9.59 Å². The lowest BCUT2D eigenvalue weighted by Crippen LogP contribution is -1.90. The maximum absolute atomic E-state index is 10.9. The lowest BCUT2D eigenvalue weighted by Gasteiger charge is -2.01. The molecular weight excluding hydrogens is 236 g/mol. The Kier molecular flexibility index (Phi) is 5.31. The summed E-state index contributed by atoms with van der Waals surface area (Å²) in [4.78, 5) is 21.5. The molecule has 0 unspecified atom stereocenters. The van der Waals surface area contributed by atoms with Gasteiger partial charge in [-0.15, -0.1) is 0 Å². The van der Waals surface area contributed by atoms with Crippen molar-refractivity contribution in [2.45, 2.75) is 6.92 Å². The molecular formula is C13H12O3S. The summed E-state index contributed by atoms with van der Waals surface area (Å²) < 4.78 is 5.01. The number of benzene rings is 1. The van der Waals surface area contributed by atoms with Gasteiger partial charge in [-0.2, -0.15) is 0 Å². The Bertz CT molecular complexity index is 483. The minimum absolute atomic E-state index is 0.0321. The zero-order valence-electron chi connectivity index (χ0n) is 9.65. The molecule has 0 spiro atoms. The van der Waals surface area contributed by atoms with Crippen LogP contribution in [0.4, 0.5) is 0 Å². The van der Waals surface area contributed by atoms with Gasteiger partial charge in [0, 0.05) is 18.1 Å². The van der Waals surface area contributed by atoms with Crippen LogP contribution in [0, 0.1) is 11.8 Å². The molecule has 0 aliphatic heterocycles. The summed E-state index contributed by atoms with van der Waals surface area (Å²) in [6.45, 7) is 1.50. The fourth-order valence-electron chi connectivity index (χ4n) is 1.15. The summed E-state index contributed by atoms with van der Waals surface area (Å²) in [5, 5.41) is 0.0321. The number of rotatable bonds is 3. The van der Waals surface area contributed by atoms with Gasteiger partial charge in [0.2, 0.25) is 0 Å². The molecule has 0 amide bonds. The number of carbonyl (C=O) groups is 2. The Morgan fingerprint density at radius 2 is 2.29 bits per heavy atom. The van der Waals surface area contributed by atoms with Crippen LogP contribution in [0.25, 0.3) is 0 Å². The van der Waals surface area contributed by atoms with Crippen molar-refractivity contribution in [3.63, 3.8) is 0 Å². The molecule has 0 saturated heterocycles. The molecule has 1 rings (SSSR count). The topological polar surface area (TPSA) is 43.4 Å². The van der Waals surface area contributed by atoms with Crippen LogP contribution in [0.3, 0.4) is 0 Å². The molecule has 4 heteroatoms. The molecule has 17 heavy (non-hydrogen) atoms. The number of hydrogen-bond acceptors (Lipinski definition) is 4. The highest BCUT2D eigenvalue weighted by atomic mass is 32.2. The van der Waals surface area contributed by atoms with Gasteiger partial charge in [0.15, 0.2) is 11.4 Å². The Morgan fingerprint density at radius 1 is 1.53 bits per heavy atom. The molecule has 0 aliphatic carbocycles. The van der Waals surface area contributed by atoms with Crippen molar-refractivity contribution in [1.29, 1.82) is 0 Å². The lowest BCUT2D eigenvalue weighted by atomic mass is 10.1. The Hall–Kier alpha value is -1.73. The van der Waals surface area contributed by atoms with Crippen LogP contribution in [0.15, 0.2) is 18.2 Å². The largest absolute Gasteiger partial charge is 0.497 e. The van der Waals surface area contributed by atoms with Gasteiger partial charge in [0.1, 0.15) is 5.75 Å². The summed E-state index contributed by atoms with van der Waals surface area (Å²) >= 11 is 1.15. The van der Waals surface area contributed by atoms with Gasteiger partial charge in [-0.1, -0.05) is 23.6 Å². The second-order valence-electron chi connectivity index (χ2n) is 3.15. The minimum Gasteiger partial charge on any atom is -0.497 e. The van der Waals surface area contributed by atoms with Crippen molar-refractivity contribution in [1.82, 2.24) is 0 Å². The van der Waals surface area contributed by atoms with E-state index in [1.165, 1.54) is 6.92 Å². The average Bonchev–Trinajstić information content (AvgIpc) is 2.34. The van der Waals surface area contributed by atoms with Gasteiger partial charge in [-0.25, -0.2) is 0 Å². The molecule has 0 aliphatic rings. The van der Waals surface area contributed by atoms with E-state index in [9.17, 15) is 9.59 Å². The van der Waals surface area contributed by atoms with Gasteiger partial charge < -0.3 is 4.74 Å². The van der Waals surface area contributed by atoms with Crippen molar-refractivity contribution in [3.05, 3.63) is 29.3 Å². The molecule has 0 radical (unpaired) electrons. The van der Waals surface area contributed by atoms with E-state index >= 15 is 0 Å². The van der Waals surface area contributed by atoms with Crippen LogP contribution in [0.1, 0.15) is 22.8 Å². The third kappa shape index (κ3) is 4.33. The molecule has 0 bridgehead atoms. The van der Waals surface area contributed by atoms with Crippen LogP contribution in [0.5, 0.6) is 5.75 Å². The molecule has 0 N–H and O–H groups in total. The third-order valence-corrected chi connectivity index (χ3v) is 2.65. The van der Waals surface area contributed by atoms with E-state index < -0.39 is 0 Å². The normalized spacial score (nSPS) is 9.06. The first kappa shape index (κ1) is 13.3. The highest BCUT2D eigenvalue weighted by molar-refractivity contribution is 8.13. The highest BCUT2D eigenvalue weighted by Crippen LogP contribution is 2.15. The first-order valence-corrected chi connectivity index (χ1v) is 5.91. The zero-order valence-corrected chi connectivity index (χ0v) is 10.5. The molecule has 0 aromatic heterocycles. The molecule has 88 valence electrons. The maximum Gasteiger partial charge on any atom is 0.186 e. The van der Waals surface area contributed by atoms with Crippen molar-refractivity contribution in [3.8, 4) is 17.6 Å². The summed E-state index contributed by atoms with van der Waals surface area (Å²) in [5.74, 6) is 6.75. The van der Waals surface area contributed by atoms with Crippen LogP contribution >= 0.6 is 11.8 Å². The zero-order chi connectivity index (χ0) is 12.7. The fraction of sp³-hybridized carbons (Fsp3) is 0.231. The predicted molar refractivity (Wildman–Crippen MR) is 68.4 cm³/mol. The number of carbonyl (C=O) groups excluding carboxylic acids is 2. The van der Waals surface area contributed by atoms with E-state index in [0.29, 0.717) is 22.6 Å². The molecule has 1 aromatic rings. The average molecular weight is 248 g/mol. The van der Waals surface area contributed by atoms with Gasteiger partial charge in [0.25, 0.3) is 0 Å². The van der Waals surface area contributed by atoms with Crippen molar-refractivity contribution < 1.29 is 14.3 Å². The molecule has 0 saturated carbocycles. The Morgan fingerprint density at radius 3 is 2.88 bits per heavy atom. The molecule has 3 nitrogen and oxygen atoms in total. The summed E-state index contributed by atoms with van der Waals surface area (Å²) in [6, 6.07) is 5.11. The lowest BCUT2D eigenvalue weighted by molar-refractivity contribution is -0.109. The van der Waals surface area contributed by atoms with Crippen LogP contribution in [-0.2, 0) is 4.79 Å². The van der Waals surface area contributed by atoms with E-state index in [0.717, 1.165) is 18.0 Å². The monoisotopic (exact) mass is 248 g/mol. The first-order chi connectivity index (χ1) is 8.17. The summed E-state index contributed by atoms with van der Waals surface area (Å²) in [7, 11) is 1.54. The number of aldehydes is 1. The highest BCUT2D eigenvalue weighted by Gasteiger charge is 2.00. The van der Waals surface area contributed by atoms with Crippen molar-refractivity contribution in [2.24, 2.45) is 0 Å². The quantitative estimate of drug-likeness (QED) is 0.607. The summed E-state index contributed by atoms with van der Waals surface area (Å²) in [5.41, 5.74) is 1.13. The molecule has 0 heterocycles. The van der Waals surface area contributed by atoms with Crippen LogP contribution in [-0.4, -0.2) is 24.3 Å². The standard InChI is InChI=1S/C13H12O3S/c1-10(15)17-7-3-4-11-5-6-13(16-2)8-12(11)9-14/h5-6,8-9H,7H2,1-2H3. The number of methoxy groups -OCH3 is 1. The Balaban J connectivity index is 2.83. The third-order valence-electron chi connectivity index (χ3n) is 1.96. The predicted octanol–water partition coefficient (Wildman–Crippen LogP) is 2.14. The van der Waals surface area contributed by atoms with Crippen molar-refractivity contribution in [2.75, 3.05) is 12.9 Å². The smallest absolute Gasteiger partial charge is 0.186 e. The van der Waals surface area contributed by atoms with E-state index in [-0.39, 0.29) is 5.12 Å². The number of hydrogen-bond donors (Lipinski definition) is 0. The van der Waals surface area contributed by atoms with Crippen molar-refractivity contribution >= 4 is 23.2 Å². The van der Waals surface area contributed by atoms with E-state index in [1.807, 2.05) is 0 Å². The van der Waals surface area contributed by atoms with Gasteiger partial charge in [-0.05, 0) is 18.2 Å². The minimum atomic E-state index is 0.0321. The molecule has 0 fully saturated rings. The number of ether oxygens (including phenoxy) is 1. The maximum atomic E-state index is 10.9. The number of thioether (sulfide) groups is 1. The first-order valence-electron chi connectivity index (χ1n) is 4.93. The molecule has 0 atom stereocenters.